The van der Waals surface area contributed by atoms with Crippen LogP contribution in [0.15, 0.2) is 53.0 Å². The molecule has 2 aromatic carbocycles. The molecule has 3 rings (SSSR count). The van der Waals surface area contributed by atoms with Crippen LogP contribution in [0.4, 0.5) is 0 Å². The van der Waals surface area contributed by atoms with Crippen molar-refractivity contribution in [3.63, 3.8) is 0 Å². The lowest BCUT2D eigenvalue weighted by Gasteiger charge is -2.10. The van der Waals surface area contributed by atoms with E-state index in [-0.39, 0.29) is 11.7 Å². The van der Waals surface area contributed by atoms with Crippen molar-refractivity contribution in [2.45, 2.75) is 18.8 Å². The number of halogens is 1. The molecule has 1 fully saturated rings. The highest BCUT2D eigenvalue weighted by Gasteiger charge is 2.43. The average Bonchev–Trinajstić information content (AvgIpc) is 3.40. The molecule has 2 atom stereocenters. The fourth-order valence-electron chi connectivity index (χ4n) is 3.06. The summed E-state index contributed by atoms with van der Waals surface area (Å²) in [6, 6.07) is 15.9. The molecule has 0 radical (unpaired) electrons. The Morgan fingerprint density at radius 3 is 2.44 bits per heavy atom. The number of hydrogen-bond acceptors (Lipinski definition) is 3. The largest absolute Gasteiger partial charge is 0.494 e. The van der Waals surface area contributed by atoms with Gasteiger partial charge in [-0.2, -0.15) is 0 Å². The highest BCUT2D eigenvalue weighted by molar-refractivity contribution is 9.10. The van der Waals surface area contributed by atoms with Gasteiger partial charge in [0.15, 0.2) is 5.78 Å². The zero-order valence-corrected chi connectivity index (χ0v) is 16.3. The quantitative estimate of drug-likeness (QED) is 0.471. The van der Waals surface area contributed by atoms with Crippen LogP contribution in [-0.2, 0) is 0 Å². The third-order valence-corrected chi connectivity index (χ3v) is 5.11. The molecule has 1 aliphatic carbocycles. The molecule has 0 saturated heterocycles. The second kappa shape index (κ2) is 8.15. The monoisotopic (exact) mass is 401 g/mol. The number of ether oxygens (including phenoxy) is 1. The van der Waals surface area contributed by atoms with Gasteiger partial charge in [-0.15, -0.1) is 0 Å². The summed E-state index contributed by atoms with van der Waals surface area (Å²) in [5, 5.41) is 0. The first-order chi connectivity index (χ1) is 12.0. The van der Waals surface area contributed by atoms with Gasteiger partial charge < -0.3 is 9.64 Å². The van der Waals surface area contributed by atoms with Gasteiger partial charge in [0.1, 0.15) is 5.75 Å². The van der Waals surface area contributed by atoms with E-state index < -0.39 is 0 Å². The number of benzene rings is 2. The molecule has 1 saturated carbocycles. The molecule has 0 aliphatic heterocycles. The highest BCUT2D eigenvalue weighted by atomic mass is 79.9. The van der Waals surface area contributed by atoms with Gasteiger partial charge in [-0.1, -0.05) is 28.1 Å². The van der Waals surface area contributed by atoms with Crippen LogP contribution in [0.3, 0.4) is 0 Å². The lowest BCUT2D eigenvalue weighted by Crippen LogP contribution is -2.15. The number of carbonyl (C=O) groups is 1. The maximum Gasteiger partial charge on any atom is 0.166 e. The molecule has 0 spiro atoms. The SMILES string of the molecule is CN(C)CCCOc1ccc(C(=O)[C@@H]2C[C@H]2c2ccc(Br)cc2)cc1. The van der Waals surface area contributed by atoms with Gasteiger partial charge in [-0.3, -0.25) is 4.79 Å². The van der Waals surface area contributed by atoms with Crippen LogP contribution in [0.25, 0.3) is 0 Å². The first kappa shape index (κ1) is 18.2. The van der Waals surface area contributed by atoms with Crippen LogP contribution < -0.4 is 4.74 Å². The molecule has 4 heteroatoms. The van der Waals surface area contributed by atoms with Gasteiger partial charge >= 0.3 is 0 Å². The summed E-state index contributed by atoms with van der Waals surface area (Å²) < 4.78 is 6.80. The Hall–Kier alpha value is -1.65. The predicted octanol–water partition coefficient (Wildman–Crippen LogP) is 4.77. The Morgan fingerprint density at radius 2 is 1.80 bits per heavy atom. The predicted molar refractivity (Wildman–Crippen MR) is 104 cm³/mol. The molecule has 1 aliphatic rings. The zero-order chi connectivity index (χ0) is 17.8. The third kappa shape index (κ3) is 4.93. The van der Waals surface area contributed by atoms with E-state index in [2.05, 4.69) is 47.1 Å². The zero-order valence-electron chi connectivity index (χ0n) is 14.7. The number of nitrogens with zero attached hydrogens (tertiary/aromatic N) is 1. The van der Waals surface area contributed by atoms with Crippen molar-refractivity contribution >= 4 is 21.7 Å². The first-order valence-corrected chi connectivity index (χ1v) is 9.51. The molecule has 25 heavy (non-hydrogen) atoms. The first-order valence-electron chi connectivity index (χ1n) is 8.72. The maximum absolute atomic E-state index is 12.6. The Morgan fingerprint density at radius 1 is 1.12 bits per heavy atom. The van der Waals surface area contributed by atoms with Crippen LogP contribution >= 0.6 is 15.9 Å². The fourth-order valence-corrected chi connectivity index (χ4v) is 3.33. The minimum absolute atomic E-state index is 0.119. The minimum Gasteiger partial charge on any atom is -0.494 e. The normalized spacial score (nSPS) is 19.0. The van der Waals surface area contributed by atoms with E-state index in [1.807, 2.05) is 36.4 Å². The molecule has 132 valence electrons. The summed E-state index contributed by atoms with van der Waals surface area (Å²) in [6.07, 6.45) is 1.94. The fraction of sp³-hybridized carbons (Fsp3) is 0.381. The number of ketones is 1. The number of carbonyl (C=O) groups excluding carboxylic acids is 1. The molecule has 0 N–H and O–H groups in total. The summed E-state index contributed by atoms with van der Waals surface area (Å²) in [4.78, 5) is 14.8. The van der Waals surface area contributed by atoms with Crippen LogP contribution in [0.1, 0.15) is 34.7 Å². The van der Waals surface area contributed by atoms with Gasteiger partial charge in [0, 0.05) is 22.5 Å². The van der Waals surface area contributed by atoms with Gasteiger partial charge in [0.05, 0.1) is 6.61 Å². The standard InChI is InChI=1S/C21H24BrNO2/c1-23(2)12-3-13-25-18-10-6-16(7-11-18)21(24)20-14-19(20)15-4-8-17(22)9-5-15/h4-11,19-20H,3,12-14H2,1-2H3/t19-,20+/m0/s1. The van der Waals surface area contributed by atoms with Crippen LogP contribution in [0.2, 0.25) is 0 Å². The Balaban J connectivity index is 1.52. The van der Waals surface area contributed by atoms with Crippen molar-refractivity contribution < 1.29 is 9.53 Å². The van der Waals surface area contributed by atoms with Crippen molar-refractivity contribution in [1.29, 1.82) is 0 Å². The van der Waals surface area contributed by atoms with E-state index in [4.69, 9.17) is 4.74 Å². The molecule has 0 bridgehead atoms. The summed E-state index contributed by atoms with van der Waals surface area (Å²) in [7, 11) is 4.11. The van der Waals surface area contributed by atoms with Gasteiger partial charge in [-0.05, 0) is 74.8 Å². The van der Waals surface area contributed by atoms with Gasteiger partial charge in [0.25, 0.3) is 0 Å². The van der Waals surface area contributed by atoms with Gasteiger partial charge in [0.2, 0.25) is 0 Å². The second-order valence-electron chi connectivity index (χ2n) is 6.89. The number of rotatable bonds is 8. The maximum atomic E-state index is 12.6. The minimum atomic E-state index is 0.119. The van der Waals surface area contributed by atoms with E-state index >= 15 is 0 Å². The molecule has 3 nitrogen and oxygen atoms in total. The smallest absolute Gasteiger partial charge is 0.166 e. The molecule has 0 amide bonds. The molecular formula is C21H24BrNO2. The van der Waals surface area contributed by atoms with E-state index in [0.29, 0.717) is 12.5 Å². The second-order valence-corrected chi connectivity index (χ2v) is 7.81. The Bertz CT molecular complexity index is 710. The summed E-state index contributed by atoms with van der Waals surface area (Å²) in [5.74, 6) is 1.55. The van der Waals surface area contributed by atoms with Crippen LogP contribution in [0.5, 0.6) is 5.75 Å². The lowest BCUT2D eigenvalue weighted by atomic mass is 10.0. The van der Waals surface area contributed by atoms with Crippen molar-refractivity contribution in [3.8, 4) is 5.75 Å². The number of hydrogen-bond donors (Lipinski definition) is 0. The highest BCUT2D eigenvalue weighted by Crippen LogP contribution is 2.49. The Kier molecular flexibility index (Phi) is 5.92. The summed E-state index contributed by atoms with van der Waals surface area (Å²) in [5.41, 5.74) is 2.03. The topological polar surface area (TPSA) is 29.5 Å². The summed E-state index contributed by atoms with van der Waals surface area (Å²) in [6.45, 7) is 1.70. The molecule has 0 aromatic heterocycles. The average molecular weight is 402 g/mol. The van der Waals surface area contributed by atoms with E-state index in [9.17, 15) is 4.79 Å². The summed E-state index contributed by atoms with van der Waals surface area (Å²) >= 11 is 3.45. The van der Waals surface area contributed by atoms with Crippen LogP contribution in [-0.4, -0.2) is 37.9 Å². The molecular weight excluding hydrogens is 378 g/mol. The molecule has 0 heterocycles. The molecule has 0 unspecified atom stereocenters. The van der Waals surface area contributed by atoms with E-state index in [1.54, 1.807) is 0 Å². The van der Waals surface area contributed by atoms with Gasteiger partial charge in [-0.25, -0.2) is 0 Å². The lowest BCUT2D eigenvalue weighted by molar-refractivity contribution is 0.0965. The van der Waals surface area contributed by atoms with Crippen molar-refractivity contribution in [3.05, 3.63) is 64.1 Å². The van der Waals surface area contributed by atoms with E-state index in [1.165, 1.54) is 5.56 Å². The number of Topliss-reactive ketones (excluding diaryl/α,β-unsaturated/α-hetero) is 1. The van der Waals surface area contributed by atoms with Crippen molar-refractivity contribution in [1.82, 2.24) is 4.90 Å². The van der Waals surface area contributed by atoms with E-state index in [0.717, 1.165) is 35.2 Å². The van der Waals surface area contributed by atoms with Crippen molar-refractivity contribution in [2.75, 3.05) is 27.2 Å². The van der Waals surface area contributed by atoms with Crippen molar-refractivity contribution in [2.24, 2.45) is 5.92 Å². The Labute approximate surface area is 158 Å². The van der Waals surface area contributed by atoms with Crippen LogP contribution in [0, 0.1) is 5.92 Å². The molecule has 2 aromatic rings. The third-order valence-electron chi connectivity index (χ3n) is 4.58.